The summed E-state index contributed by atoms with van der Waals surface area (Å²) in [6.07, 6.45) is 4.55. The Hall–Kier alpha value is -1.45. The van der Waals surface area contributed by atoms with Crippen LogP contribution in [-0.2, 0) is 6.54 Å². The average Bonchev–Trinajstić information content (AvgIpc) is 3.22. The topological polar surface area (TPSA) is 37.0 Å². The SMILES string of the molecule is c1cnc2ccc(CNCCNC3CC3)cc2c1. The summed E-state index contributed by atoms with van der Waals surface area (Å²) in [6.45, 7) is 3.03. The summed E-state index contributed by atoms with van der Waals surface area (Å²) >= 11 is 0. The lowest BCUT2D eigenvalue weighted by Gasteiger charge is -2.06. The molecule has 1 heterocycles. The molecule has 3 nitrogen and oxygen atoms in total. The van der Waals surface area contributed by atoms with E-state index in [1.807, 2.05) is 12.3 Å². The minimum absolute atomic E-state index is 0.804. The number of nitrogens with zero attached hydrogens (tertiary/aromatic N) is 1. The Morgan fingerprint density at radius 3 is 3.00 bits per heavy atom. The van der Waals surface area contributed by atoms with Gasteiger partial charge in [0.05, 0.1) is 5.52 Å². The Morgan fingerprint density at radius 2 is 2.11 bits per heavy atom. The van der Waals surface area contributed by atoms with E-state index in [2.05, 4.69) is 39.9 Å². The van der Waals surface area contributed by atoms with Crippen LogP contribution in [0.4, 0.5) is 0 Å². The molecule has 1 fully saturated rings. The number of aromatic nitrogens is 1. The van der Waals surface area contributed by atoms with Crippen LogP contribution in [0.2, 0.25) is 0 Å². The van der Waals surface area contributed by atoms with Gasteiger partial charge in [-0.15, -0.1) is 0 Å². The van der Waals surface area contributed by atoms with Gasteiger partial charge in [0, 0.05) is 37.3 Å². The van der Waals surface area contributed by atoms with Gasteiger partial charge in [-0.2, -0.15) is 0 Å². The molecule has 1 aromatic heterocycles. The van der Waals surface area contributed by atoms with Crippen LogP contribution in [-0.4, -0.2) is 24.1 Å². The molecule has 0 radical (unpaired) electrons. The van der Waals surface area contributed by atoms with Gasteiger partial charge in [-0.25, -0.2) is 0 Å². The van der Waals surface area contributed by atoms with Crippen LogP contribution in [0.3, 0.4) is 0 Å². The van der Waals surface area contributed by atoms with Gasteiger partial charge >= 0.3 is 0 Å². The van der Waals surface area contributed by atoms with Gasteiger partial charge in [0.15, 0.2) is 0 Å². The zero-order valence-corrected chi connectivity index (χ0v) is 10.5. The van der Waals surface area contributed by atoms with E-state index >= 15 is 0 Å². The number of rotatable bonds is 6. The van der Waals surface area contributed by atoms with Crippen LogP contribution in [0.15, 0.2) is 36.5 Å². The molecule has 3 heteroatoms. The average molecular weight is 241 g/mol. The maximum atomic E-state index is 4.33. The van der Waals surface area contributed by atoms with E-state index in [-0.39, 0.29) is 0 Å². The fourth-order valence-corrected chi connectivity index (χ4v) is 2.12. The van der Waals surface area contributed by atoms with E-state index in [1.165, 1.54) is 23.8 Å². The van der Waals surface area contributed by atoms with E-state index in [4.69, 9.17) is 0 Å². The zero-order valence-electron chi connectivity index (χ0n) is 10.5. The lowest BCUT2D eigenvalue weighted by Crippen LogP contribution is -2.28. The first-order valence-corrected chi connectivity index (χ1v) is 6.69. The van der Waals surface area contributed by atoms with Crippen LogP contribution in [0.1, 0.15) is 18.4 Å². The molecule has 1 aromatic carbocycles. The third-order valence-corrected chi connectivity index (χ3v) is 3.31. The second kappa shape index (κ2) is 5.46. The summed E-state index contributed by atoms with van der Waals surface area (Å²) in [5, 5.41) is 8.18. The molecule has 0 spiro atoms. The molecule has 0 unspecified atom stereocenters. The van der Waals surface area contributed by atoms with Gasteiger partial charge in [-0.3, -0.25) is 4.98 Å². The first-order chi connectivity index (χ1) is 8.92. The summed E-state index contributed by atoms with van der Waals surface area (Å²) in [4.78, 5) is 4.33. The maximum Gasteiger partial charge on any atom is 0.0702 e. The number of pyridine rings is 1. The molecule has 0 atom stereocenters. The van der Waals surface area contributed by atoms with Crippen molar-refractivity contribution in [2.45, 2.75) is 25.4 Å². The molecule has 0 aliphatic heterocycles. The minimum atomic E-state index is 0.804. The number of benzene rings is 1. The Balaban J connectivity index is 1.50. The minimum Gasteiger partial charge on any atom is -0.313 e. The second-order valence-electron chi connectivity index (χ2n) is 4.94. The molecule has 0 amide bonds. The highest BCUT2D eigenvalue weighted by Crippen LogP contribution is 2.17. The van der Waals surface area contributed by atoms with Crippen molar-refractivity contribution in [1.82, 2.24) is 15.6 Å². The van der Waals surface area contributed by atoms with Crippen molar-refractivity contribution >= 4 is 10.9 Å². The van der Waals surface area contributed by atoms with E-state index in [0.29, 0.717) is 0 Å². The van der Waals surface area contributed by atoms with Crippen molar-refractivity contribution < 1.29 is 0 Å². The molecule has 2 N–H and O–H groups in total. The lowest BCUT2D eigenvalue weighted by atomic mass is 10.1. The van der Waals surface area contributed by atoms with Crippen molar-refractivity contribution in [2.75, 3.05) is 13.1 Å². The van der Waals surface area contributed by atoms with E-state index in [9.17, 15) is 0 Å². The zero-order chi connectivity index (χ0) is 12.2. The predicted octanol–water partition coefficient (Wildman–Crippen LogP) is 2.08. The van der Waals surface area contributed by atoms with E-state index < -0.39 is 0 Å². The first-order valence-electron chi connectivity index (χ1n) is 6.69. The smallest absolute Gasteiger partial charge is 0.0702 e. The molecule has 2 aromatic rings. The molecule has 94 valence electrons. The molecular weight excluding hydrogens is 222 g/mol. The van der Waals surface area contributed by atoms with Crippen LogP contribution in [0, 0.1) is 0 Å². The first kappa shape index (κ1) is 11.6. The van der Waals surface area contributed by atoms with Gasteiger partial charge < -0.3 is 10.6 Å². The van der Waals surface area contributed by atoms with Crippen LogP contribution in [0.25, 0.3) is 10.9 Å². The molecule has 1 saturated carbocycles. The van der Waals surface area contributed by atoms with E-state index in [1.54, 1.807) is 0 Å². The quantitative estimate of drug-likeness (QED) is 0.760. The largest absolute Gasteiger partial charge is 0.313 e. The van der Waals surface area contributed by atoms with Crippen molar-refractivity contribution in [3.8, 4) is 0 Å². The molecule has 0 bridgehead atoms. The van der Waals surface area contributed by atoms with Gasteiger partial charge in [0.2, 0.25) is 0 Å². The van der Waals surface area contributed by atoms with Crippen molar-refractivity contribution in [1.29, 1.82) is 0 Å². The summed E-state index contributed by atoms with van der Waals surface area (Å²) in [6, 6.07) is 11.4. The summed E-state index contributed by atoms with van der Waals surface area (Å²) in [7, 11) is 0. The number of fused-ring (bicyclic) bond motifs is 1. The Bertz CT molecular complexity index is 520. The highest BCUT2D eigenvalue weighted by molar-refractivity contribution is 5.78. The molecule has 1 aliphatic carbocycles. The standard InChI is InChI=1S/C15H19N3/c1-2-13-10-12(3-6-15(13)18-7-1)11-16-8-9-17-14-4-5-14/h1-3,6-7,10,14,16-17H,4-5,8-9,11H2. The van der Waals surface area contributed by atoms with Crippen LogP contribution in [0.5, 0.6) is 0 Å². The van der Waals surface area contributed by atoms with Crippen molar-refractivity contribution in [2.24, 2.45) is 0 Å². The highest BCUT2D eigenvalue weighted by atomic mass is 15.0. The van der Waals surface area contributed by atoms with Gasteiger partial charge in [-0.1, -0.05) is 12.1 Å². The second-order valence-corrected chi connectivity index (χ2v) is 4.94. The monoisotopic (exact) mass is 241 g/mol. The number of hydrogen-bond donors (Lipinski definition) is 2. The van der Waals surface area contributed by atoms with E-state index in [0.717, 1.165) is 31.2 Å². The Morgan fingerprint density at radius 1 is 1.17 bits per heavy atom. The Kier molecular flexibility index (Phi) is 3.53. The predicted molar refractivity (Wildman–Crippen MR) is 74.5 cm³/mol. The third kappa shape index (κ3) is 3.06. The van der Waals surface area contributed by atoms with Gasteiger partial charge in [-0.05, 0) is 36.6 Å². The third-order valence-electron chi connectivity index (χ3n) is 3.31. The molecule has 0 saturated heterocycles. The summed E-state index contributed by atoms with van der Waals surface area (Å²) in [5.74, 6) is 0. The van der Waals surface area contributed by atoms with Crippen molar-refractivity contribution in [3.05, 3.63) is 42.1 Å². The van der Waals surface area contributed by atoms with Crippen molar-refractivity contribution in [3.63, 3.8) is 0 Å². The molecule has 3 rings (SSSR count). The fourth-order valence-electron chi connectivity index (χ4n) is 2.12. The maximum absolute atomic E-state index is 4.33. The summed E-state index contributed by atoms with van der Waals surface area (Å²) in [5.41, 5.74) is 2.39. The normalized spacial score (nSPS) is 15.1. The van der Waals surface area contributed by atoms with Crippen LogP contribution < -0.4 is 10.6 Å². The molecule has 18 heavy (non-hydrogen) atoms. The number of hydrogen-bond acceptors (Lipinski definition) is 3. The fraction of sp³-hybridized carbons (Fsp3) is 0.400. The number of nitrogens with one attached hydrogen (secondary N) is 2. The summed E-state index contributed by atoms with van der Waals surface area (Å²) < 4.78 is 0. The van der Waals surface area contributed by atoms with Gasteiger partial charge in [0.1, 0.15) is 0 Å². The highest BCUT2D eigenvalue weighted by Gasteiger charge is 2.19. The molecular formula is C15H19N3. The van der Waals surface area contributed by atoms with Crippen LogP contribution >= 0.6 is 0 Å². The Labute approximate surface area is 108 Å². The van der Waals surface area contributed by atoms with Gasteiger partial charge in [0.25, 0.3) is 0 Å². The molecule has 1 aliphatic rings. The lowest BCUT2D eigenvalue weighted by molar-refractivity contribution is 0.609.